The van der Waals surface area contributed by atoms with Gasteiger partial charge >= 0.3 is 0 Å². The first-order valence-corrected chi connectivity index (χ1v) is 9.40. The van der Waals surface area contributed by atoms with Crippen LogP contribution in [0.5, 0.6) is 0 Å². The number of thioether (sulfide) groups is 1. The van der Waals surface area contributed by atoms with E-state index >= 15 is 0 Å². The number of pyridine rings is 1. The van der Waals surface area contributed by atoms with Crippen molar-refractivity contribution >= 4 is 22.9 Å². The predicted molar refractivity (Wildman–Crippen MR) is 88.8 cm³/mol. The van der Waals surface area contributed by atoms with Gasteiger partial charge in [-0.2, -0.15) is 11.8 Å². The largest absolute Gasteiger partial charge is 0.310 e. The summed E-state index contributed by atoms with van der Waals surface area (Å²) < 4.78 is 2.49. The molecule has 1 atom stereocenters. The van der Waals surface area contributed by atoms with Crippen LogP contribution in [0.2, 0.25) is 0 Å². The third-order valence-electron chi connectivity index (χ3n) is 4.90. The Balaban J connectivity index is 1.72. The molecule has 1 saturated carbocycles. The second-order valence-corrected chi connectivity index (χ2v) is 7.78. The molecule has 4 rings (SSSR count). The van der Waals surface area contributed by atoms with Crippen molar-refractivity contribution in [2.75, 3.05) is 5.75 Å². The van der Waals surface area contributed by atoms with Crippen molar-refractivity contribution in [3.63, 3.8) is 0 Å². The van der Waals surface area contributed by atoms with E-state index in [1.807, 2.05) is 12.3 Å². The highest BCUT2D eigenvalue weighted by Crippen LogP contribution is 2.34. The Morgan fingerprint density at radius 1 is 1.14 bits per heavy atom. The summed E-state index contributed by atoms with van der Waals surface area (Å²) in [6.07, 6.45) is 12.5. The van der Waals surface area contributed by atoms with Crippen LogP contribution in [0.4, 0.5) is 0 Å². The van der Waals surface area contributed by atoms with Crippen LogP contribution in [-0.4, -0.2) is 25.5 Å². The van der Waals surface area contributed by atoms with E-state index in [1.54, 1.807) is 0 Å². The fraction of sp³-hybridized carbons (Fsp3) is 0.647. The highest BCUT2D eigenvalue weighted by Gasteiger charge is 2.25. The van der Waals surface area contributed by atoms with Crippen LogP contribution in [0.3, 0.4) is 0 Å². The monoisotopic (exact) mass is 301 g/mol. The van der Waals surface area contributed by atoms with E-state index in [0.29, 0.717) is 6.04 Å². The van der Waals surface area contributed by atoms with Crippen LogP contribution < -0.4 is 0 Å². The molecule has 1 aliphatic carbocycles. The van der Waals surface area contributed by atoms with Crippen LogP contribution >= 0.6 is 11.8 Å². The number of hydrogen-bond donors (Lipinski definition) is 0. The number of fused-ring (bicyclic) bond motifs is 1. The Morgan fingerprint density at radius 3 is 2.86 bits per heavy atom. The second-order valence-electron chi connectivity index (χ2n) is 6.38. The highest BCUT2D eigenvalue weighted by molar-refractivity contribution is 8.00. The van der Waals surface area contributed by atoms with Crippen LogP contribution in [-0.2, 0) is 6.42 Å². The fourth-order valence-electron chi connectivity index (χ4n) is 3.85. The van der Waals surface area contributed by atoms with E-state index < -0.39 is 0 Å². The van der Waals surface area contributed by atoms with Crippen molar-refractivity contribution in [2.45, 2.75) is 62.7 Å². The molecule has 1 saturated heterocycles. The quantitative estimate of drug-likeness (QED) is 0.843. The van der Waals surface area contributed by atoms with Crippen molar-refractivity contribution in [2.24, 2.45) is 0 Å². The molecule has 2 aromatic rings. The molecule has 1 aliphatic heterocycles. The molecular weight excluding hydrogens is 278 g/mol. The molecule has 0 amide bonds. The van der Waals surface area contributed by atoms with Gasteiger partial charge in [0.05, 0.1) is 0 Å². The average Bonchev–Trinajstić information content (AvgIpc) is 3.15. The molecule has 21 heavy (non-hydrogen) atoms. The molecule has 0 bridgehead atoms. The van der Waals surface area contributed by atoms with Crippen molar-refractivity contribution in [3.05, 3.63) is 24.2 Å². The molecule has 0 N–H and O–H groups in total. The van der Waals surface area contributed by atoms with Crippen LogP contribution in [0.15, 0.2) is 18.3 Å². The SMILES string of the molecule is c1cnc2c(c1)nc(CC1CCCS1)n2C1CCCCC1. The lowest BCUT2D eigenvalue weighted by atomic mass is 9.95. The molecule has 2 fully saturated rings. The molecule has 1 unspecified atom stereocenters. The van der Waals surface area contributed by atoms with E-state index in [4.69, 9.17) is 4.98 Å². The summed E-state index contributed by atoms with van der Waals surface area (Å²) in [6, 6.07) is 4.75. The van der Waals surface area contributed by atoms with E-state index in [2.05, 4.69) is 27.4 Å². The number of aromatic nitrogens is 3. The van der Waals surface area contributed by atoms with Gasteiger partial charge in [-0.1, -0.05) is 19.3 Å². The van der Waals surface area contributed by atoms with E-state index in [-0.39, 0.29) is 0 Å². The van der Waals surface area contributed by atoms with Crippen LogP contribution in [0, 0.1) is 0 Å². The van der Waals surface area contributed by atoms with Gasteiger partial charge < -0.3 is 4.57 Å². The molecule has 3 heterocycles. The lowest BCUT2D eigenvalue weighted by molar-refractivity contribution is 0.350. The number of hydrogen-bond acceptors (Lipinski definition) is 3. The second kappa shape index (κ2) is 5.99. The fourth-order valence-corrected chi connectivity index (χ4v) is 5.12. The Hall–Kier alpha value is -1.03. The molecule has 0 aromatic carbocycles. The maximum absolute atomic E-state index is 4.94. The lowest BCUT2D eigenvalue weighted by Crippen LogP contribution is -2.18. The first-order chi connectivity index (χ1) is 10.4. The zero-order valence-corrected chi connectivity index (χ0v) is 13.3. The van der Waals surface area contributed by atoms with Crippen molar-refractivity contribution in [1.82, 2.24) is 14.5 Å². The third-order valence-corrected chi connectivity index (χ3v) is 6.29. The first-order valence-electron chi connectivity index (χ1n) is 8.35. The van der Waals surface area contributed by atoms with E-state index in [9.17, 15) is 0 Å². The molecular formula is C17H23N3S. The molecule has 112 valence electrons. The highest BCUT2D eigenvalue weighted by atomic mass is 32.2. The summed E-state index contributed by atoms with van der Waals surface area (Å²) in [6.45, 7) is 0. The summed E-state index contributed by atoms with van der Waals surface area (Å²) >= 11 is 2.13. The number of imidazole rings is 1. The normalized spacial score (nSPS) is 23.9. The standard InChI is InChI=1S/C17H23N3S/c1-2-6-13(7-3-1)20-16(12-14-8-5-11-21-14)19-15-9-4-10-18-17(15)20/h4,9-10,13-14H,1-3,5-8,11-12H2. The van der Waals surface area contributed by atoms with Crippen LogP contribution in [0.25, 0.3) is 11.2 Å². The summed E-state index contributed by atoms with van der Waals surface area (Å²) in [5.41, 5.74) is 2.20. The van der Waals surface area contributed by atoms with Gasteiger partial charge in [-0.25, -0.2) is 9.97 Å². The Morgan fingerprint density at radius 2 is 2.05 bits per heavy atom. The van der Waals surface area contributed by atoms with E-state index in [1.165, 1.54) is 56.5 Å². The summed E-state index contributed by atoms with van der Waals surface area (Å²) in [5.74, 6) is 2.61. The number of rotatable bonds is 3. The van der Waals surface area contributed by atoms with Gasteiger partial charge in [-0.15, -0.1) is 0 Å². The molecule has 2 aliphatic rings. The van der Waals surface area contributed by atoms with Gasteiger partial charge in [0.25, 0.3) is 0 Å². The summed E-state index contributed by atoms with van der Waals surface area (Å²) in [7, 11) is 0. The Kier molecular flexibility index (Phi) is 3.89. The minimum absolute atomic E-state index is 0.625. The average molecular weight is 301 g/mol. The predicted octanol–water partition coefficient (Wildman–Crippen LogP) is 4.37. The zero-order valence-electron chi connectivity index (χ0n) is 12.5. The Labute approximate surface area is 130 Å². The van der Waals surface area contributed by atoms with Gasteiger partial charge in [0, 0.05) is 23.9 Å². The molecule has 0 radical (unpaired) electrons. The van der Waals surface area contributed by atoms with Crippen molar-refractivity contribution in [3.8, 4) is 0 Å². The zero-order chi connectivity index (χ0) is 14.1. The van der Waals surface area contributed by atoms with Gasteiger partial charge in [0.1, 0.15) is 11.3 Å². The summed E-state index contributed by atoms with van der Waals surface area (Å²) in [4.78, 5) is 9.58. The van der Waals surface area contributed by atoms with Crippen molar-refractivity contribution < 1.29 is 0 Å². The van der Waals surface area contributed by atoms with Gasteiger partial charge in [0.2, 0.25) is 0 Å². The van der Waals surface area contributed by atoms with Gasteiger partial charge in [0.15, 0.2) is 5.65 Å². The van der Waals surface area contributed by atoms with Gasteiger partial charge in [-0.3, -0.25) is 0 Å². The summed E-state index contributed by atoms with van der Waals surface area (Å²) in [5, 5.41) is 0.768. The topological polar surface area (TPSA) is 30.7 Å². The molecule has 2 aromatic heterocycles. The molecule has 0 spiro atoms. The number of nitrogens with zero attached hydrogens (tertiary/aromatic N) is 3. The van der Waals surface area contributed by atoms with Crippen LogP contribution in [0.1, 0.15) is 56.8 Å². The minimum Gasteiger partial charge on any atom is -0.310 e. The van der Waals surface area contributed by atoms with Gasteiger partial charge in [-0.05, 0) is 43.6 Å². The molecule has 3 nitrogen and oxygen atoms in total. The third kappa shape index (κ3) is 2.70. The first kappa shape index (κ1) is 13.6. The molecule has 4 heteroatoms. The Bertz CT molecular complexity index is 610. The smallest absolute Gasteiger partial charge is 0.160 e. The maximum atomic E-state index is 4.94. The van der Waals surface area contributed by atoms with Crippen molar-refractivity contribution in [1.29, 1.82) is 0 Å². The maximum Gasteiger partial charge on any atom is 0.160 e. The lowest BCUT2D eigenvalue weighted by Gasteiger charge is -2.25. The van der Waals surface area contributed by atoms with E-state index in [0.717, 1.165) is 22.8 Å². The minimum atomic E-state index is 0.625.